The Hall–Kier alpha value is -3.28. The van der Waals surface area contributed by atoms with Crippen molar-refractivity contribution >= 4 is 5.91 Å². The smallest absolute Gasteiger partial charge is 0.271 e. The predicted molar refractivity (Wildman–Crippen MR) is 107 cm³/mol. The first-order chi connectivity index (χ1) is 13.7. The lowest BCUT2D eigenvalue weighted by molar-refractivity contribution is 0.0785. The van der Waals surface area contributed by atoms with Gasteiger partial charge in [0.15, 0.2) is 0 Å². The van der Waals surface area contributed by atoms with E-state index in [2.05, 4.69) is 22.3 Å². The molecule has 0 aliphatic carbocycles. The summed E-state index contributed by atoms with van der Waals surface area (Å²) in [4.78, 5) is 14.8. The van der Waals surface area contributed by atoms with Gasteiger partial charge in [-0.25, -0.2) is 0 Å². The normalized spacial score (nSPS) is 16.2. The summed E-state index contributed by atoms with van der Waals surface area (Å²) < 4.78 is 10.5. The lowest BCUT2D eigenvalue weighted by Crippen LogP contribution is -2.28. The van der Waals surface area contributed by atoms with Crippen LogP contribution in [0.5, 0.6) is 11.5 Å². The number of aromatic nitrogens is 2. The van der Waals surface area contributed by atoms with E-state index in [4.69, 9.17) is 9.47 Å². The Morgan fingerprint density at radius 3 is 2.61 bits per heavy atom. The Morgan fingerprint density at radius 1 is 1.07 bits per heavy atom. The monoisotopic (exact) mass is 377 g/mol. The molecule has 1 N–H and O–H groups in total. The summed E-state index contributed by atoms with van der Waals surface area (Å²) in [6.07, 6.45) is 0.953. The highest BCUT2D eigenvalue weighted by Gasteiger charge is 2.29. The average molecular weight is 377 g/mol. The number of carbonyl (C=O) groups is 1. The largest absolute Gasteiger partial charge is 0.497 e. The van der Waals surface area contributed by atoms with Crippen LogP contribution in [0.1, 0.15) is 28.4 Å². The molecule has 1 aliphatic rings. The number of hydrogen-bond acceptors (Lipinski definition) is 4. The molecular formula is C22H23N3O3. The minimum Gasteiger partial charge on any atom is -0.497 e. The lowest BCUT2D eigenvalue weighted by Gasteiger charge is -2.15. The van der Waals surface area contributed by atoms with E-state index >= 15 is 0 Å². The van der Waals surface area contributed by atoms with Gasteiger partial charge in [-0.3, -0.25) is 9.89 Å². The second-order valence-corrected chi connectivity index (χ2v) is 6.91. The van der Waals surface area contributed by atoms with Crippen LogP contribution in [0.3, 0.4) is 0 Å². The van der Waals surface area contributed by atoms with Gasteiger partial charge < -0.3 is 14.4 Å². The number of likely N-dealkylation sites (tertiary alicyclic amines) is 1. The van der Waals surface area contributed by atoms with E-state index in [1.165, 1.54) is 5.56 Å². The molecule has 4 rings (SSSR count). The van der Waals surface area contributed by atoms with Gasteiger partial charge in [-0.2, -0.15) is 5.10 Å². The number of aromatic amines is 1. The number of benzene rings is 2. The number of ether oxygens (including phenoxy) is 2. The van der Waals surface area contributed by atoms with Crippen LogP contribution >= 0.6 is 0 Å². The third kappa shape index (κ3) is 3.58. The second-order valence-electron chi connectivity index (χ2n) is 6.91. The topological polar surface area (TPSA) is 67.4 Å². The number of carbonyl (C=O) groups excluding carboxylic acids is 1. The van der Waals surface area contributed by atoms with Gasteiger partial charge in [-0.1, -0.05) is 24.3 Å². The quantitative estimate of drug-likeness (QED) is 0.736. The molecule has 1 fully saturated rings. The molecule has 1 atom stereocenters. The van der Waals surface area contributed by atoms with Gasteiger partial charge in [0.1, 0.15) is 17.2 Å². The molecule has 2 heterocycles. The molecule has 3 aromatic rings. The van der Waals surface area contributed by atoms with Crippen LogP contribution in [0.2, 0.25) is 0 Å². The molecule has 0 radical (unpaired) electrons. The van der Waals surface area contributed by atoms with Crippen molar-refractivity contribution in [1.29, 1.82) is 0 Å². The second kappa shape index (κ2) is 7.76. The maximum Gasteiger partial charge on any atom is 0.271 e. The first-order valence-electron chi connectivity index (χ1n) is 9.31. The zero-order valence-corrected chi connectivity index (χ0v) is 16.0. The number of H-pyrrole nitrogens is 1. The maximum atomic E-state index is 12.9. The zero-order chi connectivity index (χ0) is 19.5. The number of hydrogen-bond donors (Lipinski definition) is 1. The fraction of sp³-hybridized carbons (Fsp3) is 0.273. The molecule has 0 bridgehead atoms. The molecule has 2 aromatic carbocycles. The average Bonchev–Trinajstić information content (AvgIpc) is 3.44. The van der Waals surface area contributed by atoms with Gasteiger partial charge in [0.25, 0.3) is 5.91 Å². The summed E-state index contributed by atoms with van der Waals surface area (Å²) in [6, 6.07) is 17.5. The highest BCUT2D eigenvalue weighted by Crippen LogP contribution is 2.30. The van der Waals surface area contributed by atoms with E-state index < -0.39 is 0 Å². The van der Waals surface area contributed by atoms with Crippen molar-refractivity contribution in [3.8, 4) is 22.8 Å². The minimum atomic E-state index is -0.0161. The van der Waals surface area contributed by atoms with Gasteiger partial charge in [0.05, 0.1) is 19.9 Å². The van der Waals surface area contributed by atoms with Crippen LogP contribution in [-0.2, 0) is 0 Å². The first-order valence-corrected chi connectivity index (χ1v) is 9.31. The summed E-state index contributed by atoms with van der Waals surface area (Å²) in [5, 5.41) is 7.20. The standard InChI is InChI=1S/C22H23N3O3/c1-27-18-8-6-15(7-9-18)17-10-11-25(14-17)22(26)21-13-20(23-24-21)16-4-3-5-19(12-16)28-2/h3-9,12-13,17H,10-11,14H2,1-2H3,(H,23,24). The number of methoxy groups -OCH3 is 2. The maximum absolute atomic E-state index is 12.9. The van der Waals surface area contributed by atoms with Crippen molar-refractivity contribution in [3.05, 3.63) is 65.9 Å². The van der Waals surface area contributed by atoms with Gasteiger partial charge in [-0.15, -0.1) is 0 Å². The Bertz CT molecular complexity index is 965. The lowest BCUT2D eigenvalue weighted by atomic mass is 9.98. The number of nitrogens with zero attached hydrogens (tertiary/aromatic N) is 2. The summed E-state index contributed by atoms with van der Waals surface area (Å²) in [6.45, 7) is 1.45. The van der Waals surface area contributed by atoms with Crippen molar-refractivity contribution in [2.45, 2.75) is 12.3 Å². The molecule has 1 saturated heterocycles. The number of rotatable bonds is 5. The van der Waals surface area contributed by atoms with Crippen LogP contribution in [0.4, 0.5) is 0 Å². The third-order valence-electron chi connectivity index (χ3n) is 5.24. The molecule has 0 saturated carbocycles. The van der Waals surface area contributed by atoms with Crippen molar-refractivity contribution in [3.63, 3.8) is 0 Å². The third-order valence-corrected chi connectivity index (χ3v) is 5.24. The summed E-state index contributed by atoms with van der Waals surface area (Å²) in [5.74, 6) is 1.93. The van der Waals surface area contributed by atoms with E-state index in [0.717, 1.165) is 35.7 Å². The number of nitrogens with one attached hydrogen (secondary N) is 1. The molecule has 1 aliphatic heterocycles. The van der Waals surface area contributed by atoms with Crippen LogP contribution in [0.25, 0.3) is 11.3 Å². The Kier molecular flexibility index (Phi) is 5.02. The molecule has 1 amide bonds. The predicted octanol–water partition coefficient (Wildman–Crippen LogP) is 3.72. The molecule has 28 heavy (non-hydrogen) atoms. The van der Waals surface area contributed by atoms with E-state index in [1.54, 1.807) is 20.3 Å². The molecule has 6 nitrogen and oxygen atoms in total. The summed E-state index contributed by atoms with van der Waals surface area (Å²) in [5.41, 5.74) is 3.38. The molecule has 6 heteroatoms. The highest BCUT2D eigenvalue weighted by molar-refractivity contribution is 5.93. The van der Waals surface area contributed by atoms with Gasteiger partial charge in [0, 0.05) is 24.6 Å². The van der Waals surface area contributed by atoms with Crippen molar-refractivity contribution in [2.75, 3.05) is 27.3 Å². The van der Waals surface area contributed by atoms with Crippen LogP contribution in [-0.4, -0.2) is 48.3 Å². The first kappa shape index (κ1) is 18.1. The van der Waals surface area contributed by atoms with Gasteiger partial charge in [-0.05, 0) is 42.3 Å². The van der Waals surface area contributed by atoms with Crippen molar-refractivity contribution in [2.24, 2.45) is 0 Å². The Balaban J connectivity index is 1.45. The Labute approximate surface area is 164 Å². The zero-order valence-electron chi connectivity index (χ0n) is 16.0. The summed E-state index contributed by atoms with van der Waals surface area (Å²) in [7, 11) is 3.29. The van der Waals surface area contributed by atoms with Crippen molar-refractivity contribution in [1.82, 2.24) is 15.1 Å². The van der Waals surface area contributed by atoms with Crippen LogP contribution in [0.15, 0.2) is 54.6 Å². The van der Waals surface area contributed by atoms with Crippen LogP contribution < -0.4 is 9.47 Å². The van der Waals surface area contributed by atoms with Gasteiger partial charge >= 0.3 is 0 Å². The molecule has 0 spiro atoms. The number of amides is 1. The SMILES string of the molecule is COc1ccc(C2CCN(C(=O)c3cc(-c4cccc(OC)c4)n[nH]3)C2)cc1. The molecule has 144 valence electrons. The van der Waals surface area contributed by atoms with Crippen LogP contribution in [0, 0.1) is 0 Å². The van der Waals surface area contributed by atoms with E-state index in [9.17, 15) is 4.79 Å². The molecule has 1 aromatic heterocycles. The van der Waals surface area contributed by atoms with Crippen molar-refractivity contribution < 1.29 is 14.3 Å². The summed E-state index contributed by atoms with van der Waals surface area (Å²) >= 11 is 0. The highest BCUT2D eigenvalue weighted by atomic mass is 16.5. The Morgan fingerprint density at radius 2 is 1.86 bits per heavy atom. The molecular weight excluding hydrogens is 354 g/mol. The molecule has 1 unspecified atom stereocenters. The van der Waals surface area contributed by atoms with E-state index in [1.807, 2.05) is 41.3 Å². The fourth-order valence-electron chi connectivity index (χ4n) is 3.62. The minimum absolute atomic E-state index is 0.0161. The van der Waals surface area contributed by atoms with E-state index in [0.29, 0.717) is 18.2 Å². The van der Waals surface area contributed by atoms with Gasteiger partial charge in [0.2, 0.25) is 0 Å². The fourth-order valence-corrected chi connectivity index (χ4v) is 3.62. The van der Waals surface area contributed by atoms with E-state index in [-0.39, 0.29) is 5.91 Å².